The summed E-state index contributed by atoms with van der Waals surface area (Å²) in [6.07, 6.45) is 0. The van der Waals surface area contributed by atoms with Crippen molar-refractivity contribution in [1.29, 1.82) is 0 Å². The summed E-state index contributed by atoms with van der Waals surface area (Å²) in [7, 11) is -0.101. The van der Waals surface area contributed by atoms with Gasteiger partial charge in [0.05, 0.1) is 0 Å². The van der Waals surface area contributed by atoms with E-state index in [-0.39, 0.29) is 18.6 Å². The molecular formula is C8H20PtSi2. The molecule has 0 aromatic carbocycles. The van der Waals surface area contributed by atoms with E-state index >= 15 is 0 Å². The van der Waals surface area contributed by atoms with E-state index in [1.54, 1.807) is 0 Å². The molecule has 3 heteroatoms. The van der Waals surface area contributed by atoms with Gasteiger partial charge in [-0.3, -0.25) is 0 Å². The largest absolute Gasteiger partial charge is 0.0766 e. The van der Waals surface area contributed by atoms with Crippen LogP contribution in [0.3, 0.4) is 0 Å². The topological polar surface area (TPSA) is 0 Å². The van der Waals surface area contributed by atoms with Gasteiger partial charge in [0.25, 0.3) is 0 Å². The standard InChI is InChI=1S/C4H14Si2.2C2H3.Pt/c1-5-6(2,3)4;2*1-2;/h5H2,1-4H3;2*1H,2H2;. The first-order chi connectivity index (χ1) is 4.97. The Morgan fingerprint density at radius 1 is 1.18 bits per heavy atom. The molecule has 0 amide bonds. The Hall–Kier alpha value is 0.602. The molecule has 0 radical (unpaired) electrons. The maximum atomic E-state index is 3.53. The predicted molar refractivity (Wildman–Crippen MR) is 58.1 cm³/mol. The average molecular weight is 367 g/mol. The van der Waals surface area contributed by atoms with Crippen LogP contribution in [-0.4, -0.2) is 16.6 Å². The van der Waals surface area contributed by atoms with Crippen molar-refractivity contribution in [1.82, 2.24) is 0 Å². The summed E-state index contributed by atoms with van der Waals surface area (Å²) in [5.74, 6) is 0. The molecule has 11 heavy (non-hydrogen) atoms. The monoisotopic (exact) mass is 367 g/mol. The molecule has 0 heterocycles. The summed E-state index contributed by atoms with van der Waals surface area (Å²) in [4.78, 5) is 0. The second kappa shape index (κ2) is 8.70. The van der Waals surface area contributed by atoms with E-state index in [1.165, 1.54) is 0 Å². The second-order valence-electron chi connectivity index (χ2n) is 3.28. The van der Waals surface area contributed by atoms with Crippen LogP contribution < -0.4 is 0 Å². The Labute approximate surface area is 83.3 Å². The summed E-state index contributed by atoms with van der Waals surface area (Å²) in [6, 6.07) is 0. The molecule has 0 fully saturated rings. The molecule has 0 aliphatic carbocycles. The second-order valence-corrected chi connectivity index (χ2v) is 20.2. The van der Waals surface area contributed by atoms with E-state index in [0.29, 0.717) is 9.04 Å². The van der Waals surface area contributed by atoms with E-state index in [9.17, 15) is 0 Å². The summed E-state index contributed by atoms with van der Waals surface area (Å²) in [5.41, 5.74) is 0. The first kappa shape index (κ1) is 14.1. The van der Waals surface area contributed by atoms with Gasteiger partial charge in [-0.2, -0.15) is 0 Å². The van der Waals surface area contributed by atoms with Crippen molar-refractivity contribution in [3.8, 4) is 0 Å². The van der Waals surface area contributed by atoms with Crippen molar-refractivity contribution in [3.05, 3.63) is 22.1 Å². The van der Waals surface area contributed by atoms with Crippen molar-refractivity contribution in [2.45, 2.75) is 26.2 Å². The third kappa shape index (κ3) is 25.0. The van der Waals surface area contributed by atoms with Gasteiger partial charge >= 0.3 is 40.7 Å². The van der Waals surface area contributed by atoms with Crippen LogP contribution in [0.15, 0.2) is 22.1 Å². The molecule has 0 unspecified atom stereocenters. The van der Waals surface area contributed by atoms with Crippen molar-refractivity contribution < 1.29 is 18.6 Å². The first-order valence-corrected chi connectivity index (χ1v) is 13.6. The Bertz CT molecular complexity index is 99.1. The van der Waals surface area contributed by atoms with Gasteiger partial charge in [-0.05, 0) is 0 Å². The summed E-state index contributed by atoms with van der Waals surface area (Å²) < 4.78 is 3.85. The zero-order valence-corrected chi connectivity index (χ0v) is 12.8. The van der Waals surface area contributed by atoms with Crippen LogP contribution in [0.5, 0.6) is 0 Å². The molecule has 0 atom stereocenters. The molecule has 0 spiro atoms. The third-order valence-corrected chi connectivity index (χ3v) is 10.8. The van der Waals surface area contributed by atoms with Crippen molar-refractivity contribution in [3.63, 3.8) is 0 Å². The average Bonchev–Trinajstić information content (AvgIpc) is 1.90. The number of rotatable bonds is 3. The normalized spacial score (nSPS) is 10.9. The quantitative estimate of drug-likeness (QED) is 0.672. The van der Waals surface area contributed by atoms with Gasteiger partial charge < -0.3 is 0 Å². The molecule has 0 saturated carbocycles. The molecule has 0 aliphatic heterocycles. The van der Waals surface area contributed by atoms with Gasteiger partial charge in [0.1, 0.15) is 0 Å². The number of hydrogen-bond acceptors (Lipinski definition) is 0. The molecule has 0 aromatic rings. The predicted octanol–water partition coefficient (Wildman–Crippen LogP) is 2.39. The third-order valence-electron chi connectivity index (χ3n) is 1.21. The number of hydrogen-bond donors (Lipinski definition) is 0. The van der Waals surface area contributed by atoms with Crippen LogP contribution in [0, 0.1) is 0 Å². The van der Waals surface area contributed by atoms with Gasteiger partial charge in [0.2, 0.25) is 0 Å². The molecule has 0 nitrogen and oxygen atoms in total. The van der Waals surface area contributed by atoms with E-state index in [0.717, 1.165) is 0 Å². The minimum absolute atomic E-state index is 0.151. The molecule has 0 aliphatic rings. The SMILES string of the molecule is C=[CH][Pt][CH]=C.C[SiH2][Si](C)(C)C. The zero-order chi connectivity index (χ0) is 9.33. The fourth-order valence-electron chi connectivity index (χ4n) is 0.0527. The fourth-order valence-corrected chi connectivity index (χ4v) is 0.431. The Morgan fingerprint density at radius 3 is 1.45 bits per heavy atom. The molecule has 0 aromatic heterocycles. The van der Waals surface area contributed by atoms with Crippen molar-refractivity contribution in [2.24, 2.45) is 0 Å². The minimum atomic E-state index is -0.492. The molecule has 0 N–H and O–H groups in total. The maximum Gasteiger partial charge on any atom is 0.0307 e. The molecule has 70 valence electrons. The van der Waals surface area contributed by atoms with Gasteiger partial charge in [-0.15, -0.1) is 0 Å². The summed E-state index contributed by atoms with van der Waals surface area (Å²) in [5, 5.41) is 0. The first-order valence-electron chi connectivity index (χ1n) is 3.74. The Morgan fingerprint density at radius 2 is 1.45 bits per heavy atom. The van der Waals surface area contributed by atoms with E-state index in [1.807, 2.05) is 8.93 Å². The summed E-state index contributed by atoms with van der Waals surface area (Å²) in [6.45, 7) is 16.8. The fraction of sp³-hybridized carbons (Fsp3) is 0.500. The van der Waals surface area contributed by atoms with E-state index < -0.39 is 7.59 Å². The molecule has 0 bridgehead atoms. The van der Waals surface area contributed by atoms with Crippen molar-refractivity contribution in [2.75, 3.05) is 0 Å². The smallest absolute Gasteiger partial charge is 0.0307 e. The van der Waals surface area contributed by atoms with Crippen LogP contribution in [0.1, 0.15) is 0 Å². The van der Waals surface area contributed by atoms with Crippen LogP contribution in [0.2, 0.25) is 26.2 Å². The molecule has 0 saturated heterocycles. The zero-order valence-electron chi connectivity index (χ0n) is 8.09. The van der Waals surface area contributed by atoms with Gasteiger partial charge in [0, 0.05) is 16.6 Å². The van der Waals surface area contributed by atoms with Gasteiger partial charge in [-0.1, -0.05) is 26.2 Å². The van der Waals surface area contributed by atoms with Gasteiger partial charge in [-0.25, -0.2) is 0 Å². The van der Waals surface area contributed by atoms with Crippen LogP contribution in [0.25, 0.3) is 0 Å². The van der Waals surface area contributed by atoms with Crippen molar-refractivity contribution >= 4 is 16.6 Å². The van der Waals surface area contributed by atoms with E-state index in [2.05, 4.69) is 39.3 Å². The minimum Gasteiger partial charge on any atom is -0.0766 e. The molecular weight excluding hydrogens is 347 g/mol. The maximum absolute atomic E-state index is 3.53. The summed E-state index contributed by atoms with van der Waals surface area (Å²) >= 11 is 0.151. The Balaban J connectivity index is 0. The van der Waals surface area contributed by atoms with Gasteiger partial charge in [0.15, 0.2) is 0 Å². The Kier molecular flexibility index (Phi) is 11.2. The van der Waals surface area contributed by atoms with E-state index in [4.69, 9.17) is 0 Å². The van der Waals surface area contributed by atoms with Crippen LogP contribution in [-0.2, 0) is 18.6 Å². The molecule has 0 rings (SSSR count). The van der Waals surface area contributed by atoms with Crippen LogP contribution in [0.4, 0.5) is 0 Å². The van der Waals surface area contributed by atoms with Crippen LogP contribution >= 0.6 is 0 Å².